The molecule has 2 heterocycles. The topological polar surface area (TPSA) is 24.9 Å². The van der Waals surface area contributed by atoms with Crippen LogP contribution < -0.4 is 9.47 Å². The molecule has 2 aliphatic heterocycles. The van der Waals surface area contributed by atoms with E-state index in [1.54, 1.807) is 0 Å². The minimum absolute atomic E-state index is 0.155. The Hall–Kier alpha value is -1.26. The maximum Gasteiger partial charge on any atom is 0.161 e. The minimum atomic E-state index is 0.155. The first-order chi connectivity index (χ1) is 9.85. The van der Waals surface area contributed by atoms with E-state index in [1.807, 2.05) is 24.3 Å². The molecule has 0 unspecified atom stereocenters. The summed E-state index contributed by atoms with van der Waals surface area (Å²) in [7, 11) is 0. The molecule has 1 fully saturated rings. The number of nitrogens with zero attached hydrogens (tertiary/aromatic N) is 2. The van der Waals surface area contributed by atoms with Gasteiger partial charge in [0.25, 0.3) is 0 Å². The zero-order chi connectivity index (χ0) is 13.8. The van der Waals surface area contributed by atoms with E-state index in [2.05, 4.69) is 16.7 Å². The summed E-state index contributed by atoms with van der Waals surface area (Å²) in [5, 5.41) is 0. The minimum Gasteiger partial charge on any atom is -0.486 e. The maximum absolute atomic E-state index is 6.03. The molecule has 20 heavy (non-hydrogen) atoms. The highest BCUT2D eigenvalue weighted by molar-refractivity contribution is 5.40. The molecule has 4 nitrogen and oxygen atoms in total. The molecule has 4 heteroatoms. The van der Waals surface area contributed by atoms with Gasteiger partial charge in [0.05, 0.1) is 0 Å². The summed E-state index contributed by atoms with van der Waals surface area (Å²) >= 11 is 0. The molecule has 0 amide bonds. The van der Waals surface area contributed by atoms with Gasteiger partial charge in [0.1, 0.15) is 12.7 Å². The normalized spacial score (nSPS) is 23.8. The van der Waals surface area contributed by atoms with Crippen LogP contribution in [0.15, 0.2) is 24.3 Å². The van der Waals surface area contributed by atoms with Crippen LogP contribution in [0.4, 0.5) is 0 Å². The predicted molar refractivity (Wildman–Crippen MR) is 79.5 cm³/mol. The number of rotatable bonds is 4. The molecule has 0 aromatic heterocycles. The molecule has 2 aliphatic rings. The zero-order valence-electron chi connectivity index (χ0n) is 12.3. The fourth-order valence-electron chi connectivity index (χ4n) is 2.95. The second-order valence-electron chi connectivity index (χ2n) is 5.64. The van der Waals surface area contributed by atoms with Crippen molar-refractivity contribution in [1.29, 1.82) is 0 Å². The lowest BCUT2D eigenvalue weighted by Gasteiger charge is -2.37. The molecule has 0 N–H and O–H groups in total. The molecular weight excluding hydrogens is 252 g/mol. The van der Waals surface area contributed by atoms with Crippen LogP contribution in [-0.2, 0) is 0 Å². The molecular formula is C16H24N2O2. The van der Waals surface area contributed by atoms with E-state index in [9.17, 15) is 0 Å². The predicted octanol–water partition coefficient (Wildman–Crippen LogP) is 1.85. The summed E-state index contributed by atoms with van der Waals surface area (Å²) < 4.78 is 11.8. The SMILES string of the molecule is CCCN1CCN(C[C@H]2COc3ccccc3O2)CC1. The van der Waals surface area contributed by atoms with Crippen molar-refractivity contribution >= 4 is 0 Å². The van der Waals surface area contributed by atoms with Crippen molar-refractivity contribution in [3.63, 3.8) is 0 Å². The smallest absolute Gasteiger partial charge is 0.161 e. The molecule has 3 rings (SSSR count). The number of hydrogen-bond acceptors (Lipinski definition) is 4. The molecule has 0 radical (unpaired) electrons. The van der Waals surface area contributed by atoms with Crippen LogP contribution in [0.2, 0.25) is 0 Å². The van der Waals surface area contributed by atoms with Crippen molar-refractivity contribution in [1.82, 2.24) is 9.80 Å². The molecule has 1 aromatic rings. The Labute approximate surface area is 121 Å². The van der Waals surface area contributed by atoms with Gasteiger partial charge in [-0.1, -0.05) is 19.1 Å². The van der Waals surface area contributed by atoms with E-state index in [0.29, 0.717) is 6.61 Å². The van der Waals surface area contributed by atoms with Crippen LogP contribution in [0, 0.1) is 0 Å². The Morgan fingerprint density at radius 3 is 2.50 bits per heavy atom. The van der Waals surface area contributed by atoms with E-state index in [1.165, 1.54) is 26.1 Å². The van der Waals surface area contributed by atoms with E-state index in [4.69, 9.17) is 9.47 Å². The van der Waals surface area contributed by atoms with Crippen molar-refractivity contribution in [3.05, 3.63) is 24.3 Å². The summed E-state index contributed by atoms with van der Waals surface area (Å²) in [6, 6.07) is 7.93. The third-order valence-electron chi connectivity index (χ3n) is 4.03. The van der Waals surface area contributed by atoms with Crippen molar-refractivity contribution in [2.45, 2.75) is 19.4 Å². The first-order valence-corrected chi connectivity index (χ1v) is 7.68. The molecule has 1 atom stereocenters. The van der Waals surface area contributed by atoms with Crippen molar-refractivity contribution < 1.29 is 9.47 Å². The van der Waals surface area contributed by atoms with Crippen LogP contribution in [0.25, 0.3) is 0 Å². The maximum atomic E-state index is 6.03. The van der Waals surface area contributed by atoms with Gasteiger partial charge < -0.3 is 14.4 Å². The largest absolute Gasteiger partial charge is 0.486 e. The van der Waals surface area contributed by atoms with Gasteiger partial charge in [0.2, 0.25) is 0 Å². The van der Waals surface area contributed by atoms with E-state index in [0.717, 1.165) is 31.1 Å². The van der Waals surface area contributed by atoms with Gasteiger partial charge in [0, 0.05) is 32.7 Å². The third-order valence-corrected chi connectivity index (χ3v) is 4.03. The number of benzene rings is 1. The Morgan fingerprint density at radius 1 is 1.05 bits per heavy atom. The highest BCUT2D eigenvalue weighted by Gasteiger charge is 2.25. The van der Waals surface area contributed by atoms with Crippen LogP contribution >= 0.6 is 0 Å². The Balaban J connectivity index is 1.48. The summed E-state index contributed by atoms with van der Waals surface area (Å²) in [5.74, 6) is 1.75. The third kappa shape index (κ3) is 3.25. The van der Waals surface area contributed by atoms with E-state index < -0.39 is 0 Å². The standard InChI is InChI=1S/C16H24N2O2/c1-2-7-17-8-10-18(11-9-17)12-14-13-19-15-5-3-4-6-16(15)20-14/h3-6,14H,2,7-13H2,1H3/t14-/m0/s1. The van der Waals surface area contributed by atoms with Gasteiger partial charge in [0.15, 0.2) is 11.5 Å². The van der Waals surface area contributed by atoms with Crippen LogP contribution in [0.5, 0.6) is 11.5 Å². The van der Waals surface area contributed by atoms with Gasteiger partial charge in [-0.15, -0.1) is 0 Å². The van der Waals surface area contributed by atoms with Gasteiger partial charge >= 0.3 is 0 Å². The lowest BCUT2D eigenvalue weighted by atomic mass is 10.2. The Kier molecular flexibility index (Phi) is 4.43. The summed E-state index contributed by atoms with van der Waals surface area (Å²) in [6.45, 7) is 9.74. The Morgan fingerprint density at radius 2 is 1.75 bits per heavy atom. The number of piperazine rings is 1. The summed E-state index contributed by atoms with van der Waals surface area (Å²) in [5.41, 5.74) is 0. The van der Waals surface area contributed by atoms with Crippen LogP contribution in [0.1, 0.15) is 13.3 Å². The van der Waals surface area contributed by atoms with Gasteiger partial charge in [-0.3, -0.25) is 4.90 Å². The van der Waals surface area contributed by atoms with E-state index in [-0.39, 0.29) is 6.10 Å². The van der Waals surface area contributed by atoms with Crippen molar-refractivity contribution in [2.75, 3.05) is 45.9 Å². The zero-order valence-corrected chi connectivity index (χ0v) is 12.3. The monoisotopic (exact) mass is 276 g/mol. The lowest BCUT2D eigenvalue weighted by molar-refractivity contribution is 0.0404. The molecule has 1 saturated heterocycles. The molecule has 0 aliphatic carbocycles. The average Bonchev–Trinajstić information content (AvgIpc) is 2.49. The fraction of sp³-hybridized carbons (Fsp3) is 0.625. The second-order valence-corrected chi connectivity index (χ2v) is 5.64. The molecule has 0 spiro atoms. The van der Waals surface area contributed by atoms with Crippen LogP contribution in [0.3, 0.4) is 0 Å². The molecule has 0 bridgehead atoms. The van der Waals surface area contributed by atoms with Crippen molar-refractivity contribution in [2.24, 2.45) is 0 Å². The fourth-order valence-corrected chi connectivity index (χ4v) is 2.95. The highest BCUT2D eigenvalue weighted by atomic mass is 16.6. The second kappa shape index (κ2) is 6.46. The molecule has 0 saturated carbocycles. The highest BCUT2D eigenvalue weighted by Crippen LogP contribution is 2.31. The first-order valence-electron chi connectivity index (χ1n) is 7.68. The first kappa shape index (κ1) is 13.7. The quantitative estimate of drug-likeness (QED) is 0.838. The summed E-state index contributed by atoms with van der Waals surface area (Å²) in [4.78, 5) is 5.04. The van der Waals surface area contributed by atoms with Gasteiger partial charge in [-0.25, -0.2) is 0 Å². The van der Waals surface area contributed by atoms with Gasteiger partial charge in [-0.2, -0.15) is 0 Å². The number of fused-ring (bicyclic) bond motifs is 1. The number of ether oxygens (including phenoxy) is 2. The van der Waals surface area contributed by atoms with Gasteiger partial charge in [-0.05, 0) is 25.1 Å². The lowest BCUT2D eigenvalue weighted by Crippen LogP contribution is -2.50. The average molecular weight is 276 g/mol. The van der Waals surface area contributed by atoms with Crippen LogP contribution in [-0.4, -0.2) is 61.8 Å². The molecule has 1 aromatic carbocycles. The Bertz CT molecular complexity index is 430. The molecule has 110 valence electrons. The van der Waals surface area contributed by atoms with E-state index >= 15 is 0 Å². The number of para-hydroxylation sites is 2. The summed E-state index contributed by atoms with van der Waals surface area (Å²) in [6.07, 6.45) is 1.40. The number of hydrogen-bond donors (Lipinski definition) is 0. The van der Waals surface area contributed by atoms with Crippen molar-refractivity contribution in [3.8, 4) is 11.5 Å².